The second kappa shape index (κ2) is 3.03. The molecule has 0 saturated carbocycles. The summed E-state index contributed by atoms with van der Waals surface area (Å²) in [6, 6.07) is 0. The third-order valence-corrected chi connectivity index (χ3v) is 2.21. The maximum atomic E-state index is 4.68. The van der Waals surface area contributed by atoms with Gasteiger partial charge < -0.3 is 0 Å². The molecular formula is C8H12N2O. The summed E-state index contributed by atoms with van der Waals surface area (Å²) in [5.41, 5.74) is 2.18. The van der Waals surface area contributed by atoms with Crippen LogP contribution in [0, 0.1) is 0 Å². The molecule has 0 amide bonds. The van der Waals surface area contributed by atoms with Crippen molar-refractivity contribution in [2.75, 3.05) is 0 Å². The topological polar surface area (TPSA) is 38.9 Å². The first-order chi connectivity index (χ1) is 5.47. The minimum absolute atomic E-state index is 1.05. The highest BCUT2D eigenvalue weighted by Crippen LogP contribution is 2.16. The van der Waals surface area contributed by atoms with E-state index in [-0.39, 0.29) is 0 Å². The molecule has 1 heterocycles. The van der Waals surface area contributed by atoms with Crippen molar-refractivity contribution in [1.29, 1.82) is 0 Å². The van der Waals surface area contributed by atoms with Crippen LogP contribution in [0.5, 0.6) is 0 Å². The maximum Gasteiger partial charge on any atom is 0.108 e. The van der Waals surface area contributed by atoms with Gasteiger partial charge in [-0.15, -0.1) is 0 Å². The molecule has 3 heteroatoms. The zero-order chi connectivity index (χ0) is 7.52. The SMILES string of the molecule is C1CCCc2nonc2CC1. The molecule has 0 atom stereocenters. The zero-order valence-corrected chi connectivity index (χ0v) is 6.55. The van der Waals surface area contributed by atoms with Gasteiger partial charge in [-0.05, 0) is 25.7 Å². The molecule has 3 nitrogen and oxygen atoms in total. The summed E-state index contributed by atoms with van der Waals surface area (Å²) in [6.07, 6.45) is 7.23. The Hall–Kier alpha value is -0.860. The third-order valence-electron chi connectivity index (χ3n) is 2.21. The second-order valence-electron chi connectivity index (χ2n) is 3.07. The number of hydrogen-bond acceptors (Lipinski definition) is 3. The fourth-order valence-corrected chi connectivity index (χ4v) is 1.54. The third kappa shape index (κ3) is 1.42. The van der Waals surface area contributed by atoms with Crippen molar-refractivity contribution in [3.63, 3.8) is 0 Å². The van der Waals surface area contributed by atoms with E-state index < -0.39 is 0 Å². The monoisotopic (exact) mass is 152 g/mol. The van der Waals surface area contributed by atoms with Crippen LogP contribution < -0.4 is 0 Å². The fraction of sp³-hybridized carbons (Fsp3) is 0.750. The molecule has 0 fully saturated rings. The summed E-state index contributed by atoms with van der Waals surface area (Å²) in [5, 5.41) is 7.74. The molecule has 1 aromatic heterocycles. The largest absolute Gasteiger partial charge is 0.244 e. The number of nitrogens with zero attached hydrogens (tertiary/aromatic N) is 2. The van der Waals surface area contributed by atoms with Gasteiger partial charge in [0.05, 0.1) is 0 Å². The van der Waals surface area contributed by atoms with Crippen molar-refractivity contribution in [2.45, 2.75) is 38.5 Å². The maximum absolute atomic E-state index is 4.68. The molecule has 0 saturated heterocycles. The molecule has 11 heavy (non-hydrogen) atoms. The molecule has 2 rings (SSSR count). The normalized spacial score (nSPS) is 18.5. The Morgan fingerprint density at radius 1 is 0.818 bits per heavy atom. The quantitative estimate of drug-likeness (QED) is 0.568. The lowest BCUT2D eigenvalue weighted by Crippen LogP contribution is -1.98. The fourth-order valence-electron chi connectivity index (χ4n) is 1.54. The summed E-state index contributed by atoms with van der Waals surface area (Å²) in [6.45, 7) is 0. The molecule has 1 aromatic rings. The Kier molecular flexibility index (Phi) is 1.88. The molecule has 0 N–H and O–H groups in total. The average molecular weight is 152 g/mol. The van der Waals surface area contributed by atoms with E-state index in [0.29, 0.717) is 0 Å². The molecule has 0 aromatic carbocycles. The van der Waals surface area contributed by atoms with Crippen LogP contribution in [-0.4, -0.2) is 10.3 Å². The first-order valence-electron chi connectivity index (χ1n) is 4.27. The van der Waals surface area contributed by atoms with Crippen LogP contribution in [-0.2, 0) is 12.8 Å². The molecule has 0 radical (unpaired) electrons. The highest BCUT2D eigenvalue weighted by atomic mass is 16.6. The first kappa shape index (κ1) is 6.83. The minimum atomic E-state index is 1.05. The molecular weight excluding hydrogens is 140 g/mol. The highest BCUT2D eigenvalue weighted by Gasteiger charge is 2.11. The van der Waals surface area contributed by atoms with Gasteiger partial charge in [0.1, 0.15) is 11.4 Å². The van der Waals surface area contributed by atoms with E-state index in [4.69, 9.17) is 0 Å². The van der Waals surface area contributed by atoms with Gasteiger partial charge in [0, 0.05) is 0 Å². The van der Waals surface area contributed by atoms with E-state index in [9.17, 15) is 0 Å². The van der Waals surface area contributed by atoms with E-state index in [1.165, 1.54) is 25.7 Å². The van der Waals surface area contributed by atoms with Crippen molar-refractivity contribution in [2.24, 2.45) is 0 Å². The molecule has 0 aliphatic heterocycles. The molecule has 60 valence electrons. The molecule has 0 bridgehead atoms. The van der Waals surface area contributed by atoms with Crippen LogP contribution in [0.3, 0.4) is 0 Å². The Morgan fingerprint density at radius 3 is 1.91 bits per heavy atom. The van der Waals surface area contributed by atoms with Crippen LogP contribution in [0.4, 0.5) is 0 Å². The minimum Gasteiger partial charge on any atom is -0.244 e. The summed E-state index contributed by atoms with van der Waals surface area (Å²) >= 11 is 0. The number of fused-ring (bicyclic) bond motifs is 1. The van der Waals surface area contributed by atoms with Crippen LogP contribution in [0.2, 0.25) is 0 Å². The van der Waals surface area contributed by atoms with Gasteiger partial charge in [0.15, 0.2) is 0 Å². The zero-order valence-electron chi connectivity index (χ0n) is 6.55. The number of aryl methyl sites for hydroxylation is 2. The molecule has 0 unspecified atom stereocenters. The molecule has 0 spiro atoms. The van der Waals surface area contributed by atoms with Crippen LogP contribution >= 0.6 is 0 Å². The summed E-state index contributed by atoms with van der Waals surface area (Å²) < 4.78 is 4.68. The smallest absolute Gasteiger partial charge is 0.108 e. The van der Waals surface area contributed by atoms with E-state index in [2.05, 4.69) is 14.9 Å². The van der Waals surface area contributed by atoms with Gasteiger partial charge in [0.25, 0.3) is 0 Å². The lowest BCUT2D eigenvalue weighted by atomic mass is 10.0. The van der Waals surface area contributed by atoms with Crippen LogP contribution in [0.15, 0.2) is 4.63 Å². The standard InChI is InChI=1S/C8H12N2O/c1-2-4-6-8-7(5-3-1)9-11-10-8/h1-6H2. The molecule has 1 aliphatic carbocycles. The summed E-state index contributed by atoms with van der Waals surface area (Å²) in [4.78, 5) is 0. The van der Waals surface area contributed by atoms with Gasteiger partial charge in [-0.3, -0.25) is 0 Å². The van der Waals surface area contributed by atoms with Gasteiger partial charge in [0.2, 0.25) is 0 Å². The summed E-state index contributed by atoms with van der Waals surface area (Å²) in [7, 11) is 0. The van der Waals surface area contributed by atoms with E-state index in [1.807, 2.05) is 0 Å². The van der Waals surface area contributed by atoms with Crippen molar-refractivity contribution < 1.29 is 4.63 Å². The Morgan fingerprint density at radius 2 is 1.36 bits per heavy atom. The van der Waals surface area contributed by atoms with Gasteiger partial charge in [-0.1, -0.05) is 23.2 Å². The van der Waals surface area contributed by atoms with Crippen molar-refractivity contribution in [1.82, 2.24) is 10.3 Å². The van der Waals surface area contributed by atoms with Gasteiger partial charge >= 0.3 is 0 Å². The first-order valence-corrected chi connectivity index (χ1v) is 4.27. The van der Waals surface area contributed by atoms with Crippen molar-refractivity contribution >= 4 is 0 Å². The number of aromatic nitrogens is 2. The highest BCUT2D eigenvalue weighted by molar-refractivity contribution is 5.08. The lowest BCUT2D eigenvalue weighted by Gasteiger charge is -2.04. The van der Waals surface area contributed by atoms with E-state index in [0.717, 1.165) is 24.2 Å². The number of rotatable bonds is 0. The van der Waals surface area contributed by atoms with E-state index in [1.54, 1.807) is 0 Å². The lowest BCUT2D eigenvalue weighted by molar-refractivity contribution is 0.300. The van der Waals surface area contributed by atoms with Crippen LogP contribution in [0.1, 0.15) is 37.1 Å². The predicted octanol–water partition coefficient (Wildman–Crippen LogP) is 1.73. The van der Waals surface area contributed by atoms with Crippen molar-refractivity contribution in [3.8, 4) is 0 Å². The number of hydrogen-bond donors (Lipinski definition) is 0. The van der Waals surface area contributed by atoms with Gasteiger partial charge in [-0.2, -0.15) is 0 Å². The predicted molar refractivity (Wildman–Crippen MR) is 40.2 cm³/mol. The van der Waals surface area contributed by atoms with Crippen LogP contribution in [0.25, 0.3) is 0 Å². The molecule has 1 aliphatic rings. The van der Waals surface area contributed by atoms with Crippen molar-refractivity contribution in [3.05, 3.63) is 11.4 Å². The Balaban J connectivity index is 2.18. The van der Waals surface area contributed by atoms with Gasteiger partial charge in [-0.25, -0.2) is 4.63 Å². The second-order valence-corrected chi connectivity index (χ2v) is 3.07. The van der Waals surface area contributed by atoms with E-state index >= 15 is 0 Å². The Labute approximate surface area is 65.8 Å². The summed E-state index contributed by atoms with van der Waals surface area (Å²) in [5.74, 6) is 0. The average Bonchev–Trinajstić information content (AvgIpc) is 2.35. The Bertz CT molecular complexity index is 209.